The normalized spacial score (nSPS) is 10.6. The molecule has 0 aliphatic rings. The van der Waals surface area contributed by atoms with E-state index >= 15 is 0 Å². The zero-order valence-electron chi connectivity index (χ0n) is 16.1. The molecule has 1 amide bonds. The predicted octanol–water partition coefficient (Wildman–Crippen LogP) is 3.99. The third kappa shape index (κ3) is 5.52. The molecule has 0 fully saturated rings. The van der Waals surface area contributed by atoms with Gasteiger partial charge in [0.1, 0.15) is 11.5 Å². The van der Waals surface area contributed by atoms with E-state index in [0.717, 1.165) is 11.1 Å². The highest BCUT2D eigenvalue weighted by molar-refractivity contribution is 5.95. The molecule has 3 aromatic rings. The van der Waals surface area contributed by atoms with Crippen LogP contribution < -0.4 is 14.9 Å². The van der Waals surface area contributed by atoms with Crippen LogP contribution in [0.3, 0.4) is 0 Å². The molecular formula is C23H20N2O4. The van der Waals surface area contributed by atoms with Gasteiger partial charge in [-0.15, -0.1) is 0 Å². The van der Waals surface area contributed by atoms with Crippen LogP contribution in [-0.4, -0.2) is 25.2 Å². The van der Waals surface area contributed by atoms with Crippen LogP contribution in [0.15, 0.2) is 77.9 Å². The molecule has 0 unspecified atom stereocenters. The first kappa shape index (κ1) is 19.8. The molecule has 0 aromatic heterocycles. The summed E-state index contributed by atoms with van der Waals surface area (Å²) in [4.78, 5) is 24.2. The molecule has 6 nitrogen and oxygen atoms in total. The summed E-state index contributed by atoms with van der Waals surface area (Å²) in [5.41, 5.74) is 5.21. The summed E-state index contributed by atoms with van der Waals surface area (Å²) in [7, 11) is 1.56. The maximum Gasteiger partial charge on any atom is 0.343 e. The van der Waals surface area contributed by atoms with Crippen molar-refractivity contribution in [1.82, 2.24) is 5.43 Å². The molecule has 0 atom stereocenters. The minimum Gasteiger partial charge on any atom is -0.497 e. The van der Waals surface area contributed by atoms with E-state index in [4.69, 9.17) is 9.47 Å². The van der Waals surface area contributed by atoms with Crippen LogP contribution in [0.4, 0.5) is 0 Å². The fourth-order valence-corrected chi connectivity index (χ4v) is 2.53. The Kier molecular flexibility index (Phi) is 6.37. The van der Waals surface area contributed by atoms with Gasteiger partial charge < -0.3 is 9.47 Å². The van der Waals surface area contributed by atoms with Crippen molar-refractivity contribution >= 4 is 18.1 Å². The molecule has 0 heterocycles. The summed E-state index contributed by atoms with van der Waals surface area (Å²) < 4.78 is 10.4. The van der Waals surface area contributed by atoms with Gasteiger partial charge in [0, 0.05) is 5.56 Å². The topological polar surface area (TPSA) is 77.0 Å². The van der Waals surface area contributed by atoms with E-state index in [0.29, 0.717) is 22.6 Å². The van der Waals surface area contributed by atoms with E-state index < -0.39 is 5.97 Å². The number of carbonyl (C=O) groups excluding carboxylic acids is 2. The predicted molar refractivity (Wildman–Crippen MR) is 111 cm³/mol. The van der Waals surface area contributed by atoms with E-state index in [1.165, 1.54) is 6.21 Å². The quantitative estimate of drug-likeness (QED) is 0.300. The minimum absolute atomic E-state index is 0.282. The first-order valence-corrected chi connectivity index (χ1v) is 8.91. The van der Waals surface area contributed by atoms with E-state index in [9.17, 15) is 9.59 Å². The molecule has 29 heavy (non-hydrogen) atoms. The molecule has 0 aliphatic heterocycles. The van der Waals surface area contributed by atoms with Gasteiger partial charge in [0.05, 0.1) is 18.9 Å². The highest BCUT2D eigenvalue weighted by atomic mass is 16.5. The molecule has 0 radical (unpaired) electrons. The van der Waals surface area contributed by atoms with Crippen LogP contribution in [0.25, 0.3) is 0 Å². The molecule has 0 saturated heterocycles. The molecular weight excluding hydrogens is 368 g/mol. The number of nitrogens with zero attached hydrogens (tertiary/aromatic N) is 1. The fraction of sp³-hybridized carbons (Fsp3) is 0.0870. The third-order valence-electron chi connectivity index (χ3n) is 4.08. The second-order valence-corrected chi connectivity index (χ2v) is 6.26. The Balaban J connectivity index is 1.56. The lowest BCUT2D eigenvalue weighted by atomic mass is 10.1. The van der Waals surface area contributed by atoms with Crippen molar-refractivity contribution in [2.24, 2.45) is 5.10 Å². The van der Waals surface area contributed by atoms with Crippen molar-refractivity contribution in [3.8, 4) is 11.5 Å². The number of hydrogen-bond acceptors (Lipinski definition) is 5. The lowest BCUT2D eigenvalue weighted by Gasteiger charge is -2.05. The van der Waals surface area contributed by atoms with Gasteiger partial charge in [-0.2, -0.15) is 5.10 Å². The number of rotatable bonds is 6. The zero-order valence-corrected chi connectivity index (χ0v) is 16.1. The Bertz CT molecular complexity index is 1030. The maximum absolute atomic E-state index is 12.2. The van der Waals surface area contributed by atoms with Crippen molar-refractivity contribution in [3.63, 3.8) is 0 Å². The zero-order chi connectivity index (χ0) is 20.6. The van der Waals surface area contributed by atoms with Crippen LogP contribution >= 0.6 is 0 Å². The van der Waals surface area contributed by atoms with Crippen LogP contribution in [0.2, 0.25) is 0 Å². The molecule has 0 bridgehead atoms. The van der Waals surface area contributed by atoms with Crippen LogP contribution in [-0.2, 0) is 0 Å². The molecule has 0 aliphatic carbocycles. The van der Waals surface area contributed by atoms with E-state index in [-0.39, 0.29) is 5.91 Å². The summed E-state index contributed by atoms with van der Waals surface area (Å²) in [5, 5.41) is 3.96. The molecule has 3 aromatic carbocycles. The number of aryl methyl sites for hydroxylation is 1. The average molecular weight is 388 g/mol. The molecule has 0 saturated carbocycles. The van der Waals surface area contributed by atoms with Crippen molar-refractivity contribution in [2.45, 2.75) is 6.92 Å². The Labute approximate surface area is 168 Å². The Morgan fingerprint density at radius 1 is 0.897 bits per heavy atom. The van der Waals surface area contributed by atoms with Crippen molar-refractivity contribution in [1.29, 1.82) is 0 Å². The number of hydrazone groups is 1. The average Bonchev–Trinajstić information content (AvgIpc) is 2.75. The number of amides is 1. The third-order valence-corrected chi connectivity index (χ3v) is 4.08. The number of nitrogens with one attached hydrogen (secondary N) is 1. The van der Waals surface area contributed by atoms with Gasteiger partial charge in [-0.05, 0) is 73.2 Å². The summed E-state index contributed by atoms with van der Waals surface area (Å²) in [6.45, 7) is 1.92. The molecule has 3 rings (SSSR count). The van der Waals surface area contributed by atoms with Gasteiger partial charge in [0.2, 0.25) is 0 Å². The number of benzene rings is 3. The van der Waals surface area contributed by atoms with Gasteiger partial charge in [0.15, 0.2) is 0 Å². The Morgan fingerprint density at radius 2 is 1.59 bits per heavy atom. The highest BCUT2D eigenvalue weighted by Crippen LogP contribution is 2.16. The van der Waals surface area contributed by atoms with Gasteiger partial charge in [-0.1, -0.05) is 17.7 Å². The summed E-state index contributed by atoms with van der Waals surface area (Å²) in [5.74, 6) is 0.334. The molecule has 146 valence electrons. The number of ether oxygens (including phenoxy) is 2. The molecule has 1 N–H and O–H groups in total. The highest BCUT2D eigenvalue weighted by Gasteiger charge is 2.08. The largest absolute Gasteiger partial charge is 0.497 e. The lowest BCUT2D eigenvalue weighted by molar-refractivity contribution is 0.0734. The van der Waals surface area contributed by atoms with Crippen LogP contribution in [0.5, 0.6) is 11.5 Å². The Hall–Kier alpha value is -3.93. The van der Waals surface area contributed by atoms with E-state index in [2.05, 4.69) is 10.5 Å². The molecule has 6 heteroatoms. The minimum atomic E-state index is -0.459. The van der Waals surface area contributed by atoms with Gasteiger partial charge in [-0.3, -0.25) is 4.79 Å². The van der Waals surface area contributed by atoms with Crippen LogP contribution in [0, 0.1) is 6.92 Å². The first-order chi connectivity index (χ1) is 14.0. The summed E-state index contributed by atoms with van der Waals surface area (Å²) in [6.07, 6.45) is 1.52. The van der Waals surface area contributed by atoms with Gasteiger partial charge >= 0.3 is 5.97 Å². The SMILES string of the molecule is COc1ccc(C(=O)Oc2ccc(C=NNC(=O)c3cccc(C)c3)cc2)cc1. The van der Waals surface area contributed by atoms with Crippen LogP contribution in [0.1, 0.15) is 31.8 Å². The number of methoxy groups -OCH3 is 1. The second kappa shape index (κ2) is 9.32. The number of esters is 1. The smallest absolute Gasteiger partial charge is 0.343 e. The van der Waals surface area contributed by atoms with Gasteiger partial charge in [0.25, 0.3) is 5.91 Å². The number of carbonyl (C=O) groups is 2. The summed E-state index contributed by atoms with van der Waals surface area (Å²) >= 11 is 0. The van der Waals surface area contributed by atoms with Crippen molar-refractivity contribution < 1.29 is 19.1 Å². The van der Waals surface area contributed by atoms with Crippen molar-refractivity contribution in [2.75, 3.05) is 7.11 Å². The standard InChI is InChI=1S/C23H20N2O4/c1-16-4-3-5-19(14-16)22(26)25-24-15-17-6-10-21(11-7-17)29-23(27)18-8-12-20(28-2)13-9-18/h3-15H,1-2H3,(H,25,26). The molecule has 0 spiro atoms. The Morgan fingerprint density at radius 3 is 2.24 bits per heavy atom. The van der Waals surface area contributed by atoms with Crippen molar-refractivity contribution in [3.05, 3.63) is 95.1 Å². The lowest BCUT2D eigenvalue weighted by Crippen LogP contribution is -2.17. The number of hydrogen-bond donors (Lipinski definition) is 1. The van der Waals surface area contributed by atoms with E-state index in [1.807, 2.05) is 19.1 Å². The van der Waals surface area contributed by atoms with Gasteiger partial charge in [-0.25, -0.2) is 10.2 Å². The first-order valence-electron chi connectivity index (χ1n) is 8.91. The monoisotopic (exact) mass is 388 g/mol. The maximum atomic E-state index is 12.2. The second-order valence-electron chi connectivity index (χ2n) is 6.26. The van der Waals surface area contributed by atoms with E-state index in [1.54, 1.807) is 67.8 Å². The fourth-order valence-electron chi connectivity index (χ4n) is 2.53. The summed E-state index contributed by atoms with van der Waals surface area (Å²) in [6, 6.07) is 20.7.